The van der Waals surface area contributed by atoms with Crippen LogP contribution in [-0.2, 0) is 0 Å². The van der Waals surface area contributed by atoms with Gasteiger partial charge in [-0.1, -0.05) is 23.2 Å². The molecule has 0 aliphatic carbocycles. The molecule has 0 bridgehead atoms. The molecule has 0 atom stereocenters. The maximum Gasteiger partial charge on any atom is 0.273 e. The second kappa shape index (κ2) is 8.69. The van der Waals surface area contributed by atoms with E-state index in [1.54, 1.807) is 10.7 Å². The molecule has 0 radical (unpaired) electrons. The lowest BCUT2D eigenvalue weighted by atomic mass is 10.1. The van der Waals surface area contributed by atoms with Gasteiger partial charge >= 0.3 is 0 Å². The van der Waals surface area contributed by atoms with Crippen molar-refractivity contribution in [1.82, 2.24) is 4.68 Å². The van der Waals surface area contributed by atoms with Gasteiger partial charge in [-0.25, -0.2) is 5.01 Å². The van der Waals surface area contributed by atoms with E-state index in [-0.39, 0.29) is 34.2 Å². The first-order valence-corrected chi connectivity index (χ1v) is 9.64. The molecule has 30 heavy (non-hydrogen) atoms. The van der Waals surface area contributed by atoms with Gasteiger partial charge in [0.05, 0.1) is 9.95 Å². The topological polar surface area (TPSA) is 85.5 Å². The molecule has 0 N–H and O–H groups in total. The number of Topliss-reactive ketones (excluding diaryl/α,β-unsaturated/α-hetero) is 1. The lowest BCUT2D eigenvalue weighted by molar-refractivity contribution is -0.384. The summed E-state index contributed by atoms with van der Waals surface area (Å²) in [6.07, 6.45) is 0. The Kier molecular flexibility index (Phi) is 6.24. The normalized spacial score (nSPS) is 10.7. The van der Waals surface area contributed by atoms with Crippen LogP contribution in [0.25, 0.3) is 0 Å². The van der Waals surface area contributed by atoms with Gasteiger partial charge in [0.1, 0.15) is 6.54 Å². The number of rotatable bonds is 6. The first kappa shape index (κ1) is 21.5. The largest absolute Gasteiger partial charge is 0.292 e. The lowest BCUT2D eigenvalue weighted by Gasteiger charge is -2.26. The highest BCUT2D eigenvalue weighted by molar-refractivity contribution is 6.37. The predicted octanol–water partition coefficient (Wildman–Crippen LogP) is 4.98. The number of ketones is 1. The number of nitro benzene ring substituents is 1. The molecule has 9 heteroatoms. The van der Waals surface area contributed by atoms with E-state index in [0.717, 1.165) is 11.4 Å². The van der Waals surface area contributed by atoms with Crippen molar-refractivity contribution in [3.05, 3.63) is 97.3 Å². The van der Waals surface area contributed by atoms with E-state index in [0.29, 0.717) is 5.02 Å². The minimum absolute atomic E-state index is 0.129. The fourth-order valence-electron chi connectivity index (χ4n) is 3.09. The van der Waals surface area contributed by atoms with Gasteiger partial charge in [0.25, 0.3) is 11.6 Å². The molecule has 7 nitrogen and oxygen atoms in total. The summed E-state index contributed by atoms with van der Waals surface area (Å²) in [6.45, 7) is 3.33. The molecule has 0 aliphatic heterocycles. The van der Waals surface area contributed by atoms with Crippen LogP contribution in [0.4, 0.5) is 5.69 Å². The van der Waals surface area contributed by atoms with Crippen LogP contribution in [0.1, 0.15) is 32.1 Å². The number of carbonyl (C=O) groups is 2. The molecule has 1 heterocycles. The smallest absolute Gasteiger partial charge is 0.273 e. The fourth-order valence-corrected chi connectivity index (χ4v) is 3.60. The molecule has 1 amide bonds. The van der Waals surface area contributed by atoms with Gasteiger partial charge in [-0.3, -0.25) is 24.4 Å². The van der Waals surface area contributed by atoms with Crippen LogP contribution in [0.3, 0.4) is 0 Å². The van der Waals surface area contributed by atoms with E-state index in [4.69, 9.17) is 23.2 Å². The molecular formula is C21H17Cl2N3O4. The first-order valence-electron chi connectivity index (χ1n) is 8.89. The number of carbonyl (C=O) groups excluding carboxylic acids is 2. The second-order valence-corrected chi connectivity index (χ2v) is 7.49. The van der Waals surface area contributed by atoms with Crippen LogP contribution in [0.5, 0.6) is 0 Å². The van der Waals surface area contributed by atoms with Gasteiger partial charge in [0.2, 0.25) is 0 Å². The Balaban J connectivity index is 1.99. The van der Waals surface area contributed by atoms with Crippen molar-refractivity contribution < 1.29 is 14.5 Å². The van der Waals surface area contributed by atoms with Gasteiger partial charge in [0.15, 0.2) is 5.78 Å². The van der Waals surface area contributed by atoms with Crippen LogP contribution < -0.4 is 5.01 Å². The number of nitrogens with zero attached hydrogens (tertiary/aromatic N) is 3. The molecule has 3 rings (SSSR count). The van der Waals surface area contributed by atoms with Crippen molar-refractivity contribution in [2.75, 3.05) is 11.6 Å². The number of aryl methyl sites for hydroxylation is 2. The van der Waals surface area contributed by atoms with Crippen molar-refractivity contribution in [1.29, 1.82) is 0 Å². The van der Waals surface area contributed by atoms with Crippen molar-refractivity contribution in [2.24, 2.45) is 0 Å². The Morgan fingerprint density at radius 3 is 2.13 bits per heavy atom. The van der Waals surface area contributed by atoms with Crippen LogP contribution in [-0.4, -0.2) is 27.8 Å². The van der Waals surface area contributed by atoms with E-state index in [9.17, 15) is 19.7 Å². The fraction of sp³-hybridized carbons (Fsp3) is 0.143. The maximum absolute atomic E-state index is 13.3. The Morgan fingerprint density at radius 1 is 1.00 bits per heavy atom. The first-order chi connectivity index (χ1) is 14.2. The van der Waals surface area contributed by atoms with Gasteiger partial charge in [-0.2, -0.15) is 0 Å². The summed E-state index contributed by atoms with van der Waals surface area (Å²) in [4.78, 5) is 36.6. The predicted molar refractivity (Wildman–Crippen MR) is 115 cm³/mol. The Morgan fingerprint density at radius 2 is 1.60 bits per heavy atom. The SMILES string of the molecule is Cc1ccc(C)n1N(CC(=O)c1ccc(Cl)cc1Cl)C(=O)c1ccc([N+](=O)[O-])cc1. The zero-order chi connectivity index (χ0) is 22.0. The number of benzene rings is 2. The minimum atomic E-state index is -0.543. The standard InChI is InChI=1S/C21H17Cl2N3O4/c1-13-3-4-14(2)25(13)24(12-20(27)18-10-7-16(22)11-19(18)23)21(28)15-5-8-17(9-6-15)26(29)30/h3-11H,12H2,1-2H3. The minimum Gasteiger partial charge on any atom is -0.292 e. The summed E-state index contributed by atoms with van der Waals surface area (Å²) in [5, 5.41) is 12.8. The number of amides is 1. The third-order valence-corrected chi connectivity index (χ3v) is 5.11. The van der Waals surface area contributed by atoms with E-state index in [1.807, 2.05) is 26.0 Å². The third-order valence-electron chi connectivity index (χ3n) is 4.56. The highest BCUT2D eigenvalue weighted by atomic mass is 35.5. The Labute approximate surface area is 182 Å². The molecule has 3 aromatic rings. The summed E-state index contributed by atoms with van der Waals surface area (Å²) in [7, 11) is 0. The summed E-state index contributed by atoms with van der Waals surface area (Å²) in [5.41, 5.74) is 1.82. The number of aromatic nitrogens is 1. The molecule has 0 spiro atoms. The zero-order valence-electron chi connectivity index (χ0n) is 16.1. The summed E-state index contributed by atoms with van der Waals surface area (Å²) in [6, 6.07) is 13.4. The summed E-state index contributed by atoms with van der Waals surface area (Å²) < 4.78 is 1.63. The van der Waals surface area contributed by atoms with Crippen molar-refractivity contribution >= 4 is 40.6 Å². The quantitative estimate of drug-likeness (QED) is 0.304. The summed E-state index contributed by atoms with van der Waals surface area (Å²) >= 11 is 12.1. The number of hydrogen-bond donors (Lipinski definition) is 0. The highest BCUT2D eigenvalue weighted by Gasteiger charge is 2.25. The van der Waals surface area contributed by atoms with Gasteiger partial charge in [0, 0.05) is 39.7 Å². The third kappa shape index (κ3) is 4.37. The molecule has 1 aromatic heterocycles. The molecule has 0 aliphatic rings. The molecule has 0 fully saturated rings. The van der Waals surface area contributed by atoms with Crippen molar-refractivity contribution in [2.45, 2.75) is 13.8 Å². The number of non-ortho nitro benzene ring substituents is 1. The Hall–Kier alpha value is -3.16. The van der Waals surface area contributed by atoms with E-state index < -0.39 is 10.8 Å². The monoisotopic (exact) mass is 445 g/mol. The van der Waals surface area contributed by atoms with Crippen LogP contribution in [0, 0.1) is 24.0 Å². The molecular weight excluding hydrogens is 429 g/mol. The second-order valence-electron chi connectivity index (χ2n) is 6.64. The number of nitro groups is 1. The van der Waals surface area contributed by atoms with Crippen molar-refractivity contribution in [3.8, 4) is 0 Å². The lowest BCUT2D eigenvalue weighted by Crippen LogP contribution is -2.45. The number of halogens is 2. The van der Waals surface area contributed by atoms with Crippen LogP contribution in [0.2, 0.25) is 10.0 Å². The van der Waals surface area contributed by atoms with Crippen molar-refractivity contribution in [3.63, 3.8) is 0 Å². The molecule has 154 valence electrons. The van der Waals surface area contributed by atoms with Crippen LogP contribution in [0.15, 0.2) is 54.6 Å². The number of hydrogen-bond acceptors (Lipinski definition) is 4. The summed E-state index contributed by atoms with van der Waals surface area (Å²) in [5.74, 6) is -0.856. The molecule has 0 saturated carbocycles. The van der Waals surface area contributed by atoms with Crippen LogP contribution >= 0.6 is 23.2 Å². The average Bonchev–Trinajstić information content (AvgIpc) is 3.03. The van der Waals surface area contributed by atoms with E-state index in [1.165, 1.54) is 41.4 Å². The Bertz CT molecular complexity index is 1120. The van der Waals surface area contributed by atoms with E-state index >= 15 is 0 Å². The maximum atomic E-state index is 13.3. The van der Waals surface area contributed by atoms with E-state index in [2.05, 4.69) is 0 Å². The highest BCUT2D eigenvalue weighted by Crippen LogP contribution is 2.22. The van der Waals surface area contributed by atoms with Gasteiger partial charge in [-0.05, 0) is 56.3 Å². The van der Waals surface area contributed by atoms with Gasteiger partial charge in [-0.15, -0.1) is 0 Å². The molecule has 0 saturated heterocycles. The zero-order valence-corrected chi connectivity index (χ0v) is 17.6. The van der Waals surface area contributed by atoms with Gasteiger partial charge < -0.3 is 0 Å². The average molecular weight is 446 g/mol. The molecule has 2 aromatic carbocycles. The molecule has 0 unspecified atom stereocenters.